The number of fused-ring (bicyclic) bond motifs is 1. The summed E-state index contributed by atoms with van der Waals surface area (Å²) in [5.41, 5.74) is 8.54. The summed E-state index contributed by atoms with van der Waals surface area (Å²) in [6.45, 7) is 8.03. The van der Waals surface area contributed by atoms with Crippen LogP contribution in [-0.4, -0.2) is 38.2 Å². The molecule has 1 aliphatic heterocycles. The molecule has 196 valence electrons. The van der Waals surface area contributed by atoms with Crippen LogP contribution >= 0.6 is 0 Å². The van der Waals surface area contributed by atoms with Crippen LogP contribution in [0, 0.1) is 18.7 Å². The lowest BCUT2D eigenvalue weighted by Gasteiger charge is -2.22. The van der Waals surface area contributed by atoms with Crippen LogP contribution in [0.3, 0.4) is 0 Å². The van der Waals surface area contributed by atoms with Gasteiger partial charge in [-0.1, -0.05) is 36.9 Å². The number of pyridine rings is 1. The Kier molecular flexibility index (Phi) is 6.90. The summed E-state index contributed by atoms with van der Waals surface area (Å²) in [5, 5.41) is 12.2. The zero-order valence-electron chi connectivity index (χ0n) is 22.0. The molecule has 0 unspecified atom stereocenters. The van der Waals surface area contributed by atoms with E-state index in [1.807, 2.05) is 25.4 Å². The van der Waals surface area contributed by atoms with Gasteiger partial charge in [0.25, 0.3) is 0 Å². The number of nitrogens with zero attached hydrogens (tertiary/aromatic N) is 3. The van der Waals surface area contributed by atoms with Gasteiger partial charge in [-0.2, -0.15) is 5.10 Å². The minimum Gasteiger partial charge on any atom is -0.340 e. The van der Waals surface area contributed by atoms with Crippen molar-refractivity contribution in [2.24, 2.45) is 5.92 Å². The van der Waals surface area contributed by atoms with Crippen molar-refractivity contribution >= 4 is 16.5 Å². The van der Waals surface area contributed by atoms with Gasteiger partial charge in [0.05, 0.1) is 11.2 Å². The molecule has 3 N–H and O–H groups in total. The minimum atomic E-state index is -0.276. The van der Waals surface area contributed by atoms with Crippen molar-refractivity contribution in [2.45, 2.75) is 26.2 Å². The van der Waals surface area contributed by atoms with E-state index in [-0.39, 0.29) is 5.82 Å². The maximum Gasteiger partial charge on any atom is 0.159 e. The summed E-state index contributed by atoms with van der Waals surface area (Å²) < 4.78 is 13.6. The third kappa shape index (κ3) is 5.18. The van der Waals surface area contributed by atoms with Gasteiger partial charge in [0.2, 0.25) is 0 Å². The van der Waals surface area contributed by atoms with Crippen molar-refractivity contribution in [1.82, 2.24) is 30.5 Å². The van der Waals surface area contributed by atoms with Crippen molar-refractivity contribution in [3.05, 3.63) is 108 Å². The number of H-pyrrole nitrogens is 2. The topological polar surface area (TPSA) is 82.3 Å². The van der Waals surface area contributed by atoms with Crippen LogP contribution in [0.15, 0.2) is 79.7 Å². The molecule has 5 aromatic rings. The standard InChI is InChI=1S/C32H31FN6/c1-3-4-27(23-5-8-26(33)9-6-23)30-20(2)36-32(37-30)31-28-17-24(7-10-29(28)38-39-31)25-16-22(18-35-19-25)15-21-11-13-34-14-12-21/h3-10,16-19,21,34H,1,11-15H2,2H3,(H,36,37)(H,38,39)/b27-4-. The molecular weight excluding hydrogens is 487 g/mol. The van der Waals surface area contributed by atoms with Crippen LogP contribution in [0.4, 0.5) is 4.39 Å². The molecule has 0 spiro atoms. The SMILES string of the molecule is C=C/C=C(/c1ccc(F)cc1)c1nc(-c2n[nH]c3ccc(-c4cncc(CC5CCNCC5)c4)cc23)[nH]c1C. The molecule has 0 aliphatic carbocycles. The first-order chi connectivity index (χ1) is 19.1. The van der Waals surface area contributed by atoms with Gasteiger partial charge in [-0.3, -0.25) is 10.1 Å². The smallest absolute Gasteiger partial charge is 0.159 e. The van der Waals surface area contributed by atoms with Crippen LogP contribution < -0.4 is 5.32 Å². The molecule has 6 nitrogen and oxygen atoms in total. The predicted octanol–water partition coefficient (Wildman–Crippen LogP) is 6.62. The monoisotopic (exact) mass is 518 g/mol. The van der Waals surface area contributed by atoms with Crippen molar-refractivity contribution in [3.63, 3.8) is 0 Å². The first kappa shape index (κ1) is 24.9. The second kappa shape index (κ2) is 10.8. The third-order valence-electron chi connectivity index (χ3n) is 7.48. The van der Waals surface area contributed by atoms with Gasteiger partial charge in [-0.25, -0.2) is 9.37 Å². The van der Waals surface area contributed by atoms with Gasteiger partial charge in [0.15, 0.2) is 5.82 Å². The zero-order valence-corrected chi connectivity index (χ0v) is 22.0. The molecule has 0 bridgehead atoms. The molecule has 2 aromatic carbocycles. The van der Waals surface area contributed by atoms with E-state index in [2.05, 4.69) is 56.3 Å². The maximum absolute atomic E-state index is 13.6. The Balaban J connectivity index is 1.34. The molecule has 1 saturated heterocycles. The molecule has 7 heteroatoms. The first-order valence-corrected chi connectivity index (χ1v) is 13.4. The van der Waals surface area contributed by atoms with Gasteiger partial charge in [0.1, 0.15) is 11.5 Å². The van der Waals surface area contributed by atoms with E-state index in [1.54, 1.807) is 18.2 Å². The molecule has 0 radical (unpaired) electrons. The lowest BCUT2D eigenvalue weighted by atomic mass is 9.91. The highest BCUT2D eigenvalue weighted by molar-refractivity contribution is 5.94. The number of hydrogen-bond acceptors (Lipinski definition) is 4. The van der Waals surface area contributed by atoms with E-state index in [4.69, 9.17) is 4.98 Å². The van der Waals surface area contributed by atoms with Crippen molar-refractivity contribution in [1.29, 1.82) is 0 Å². The second-order valence-corrected chi connectivity index (χ2v) is 10.2. The number of aromatic amines is 2. The predicted molar refractivity (Wildman–Crippen MR) is 155 cm³/mol. The van der Waals surface area contributed by atoms with E-state index in [0.29, 0.717) is 11.7 Å². The van der Waals surface area contributed by atoms with Crippen molar-refractivity contribution in [3.8, 4) is 22.6 Å². The van der Waals surface area contributed by atoms with Crippen LogP contribution in [0.2, 0.25) is 0 Å². The molecule has 39 heavy (non-hydrogen) atoms. The second-order valence-electron chi connectivity index (χ2n) is 10.2. The molecule has 1 aliphatic rings. The molecule has 4 heterocycles. The number of hydrogen-bond donors (Lipinski definition) is 3. The summed E-state index contributed by atoms with van der Waals surface area (Å²) in [5.74, 6) is 1.10. The number of benzene rings is 2. The van der Waals surface area contributed by atoms with E-state index in [1.165, 1.54) is 30.5 Å². The summed E-state index contributed by atoms with van der Waals surface area (Å²) in [4.78, 5) is 12.9. The van der Waals surface area contributed by atoms with Crippen molar-refractivity contribution in [2.75, 3.05) is 13.1 Å². The maximum atomic E-state index is 13.6. The van der Waals surface area contributed by atoms with E-state index >= 15 is 0 Å². The van der Waals surface area contributed by atoms with E-state index in [9.17, 15) is 4.39 Å². The summed E-state index contributed by atoms with van der Waals surface area (Å²) in [7, 11) is 0. The molecule has 0 amide bonds. The highest BCUT2D eigenvalue weighted by Gasteiger charge is 2.19. The molecule has 3 aromatic heterocycles. The molecule has 0 atom stereocenters. The highest BCUT2D eigenvalue weighted by Crippen LogP contribution is 2.32. The highest BCUT2D eigenvalue weighted by atomic mass is 19.1. The van der Waals surface area contributed by atoms with Gasteiger partial charge < -0.3 is 10.3 Å². The number of rotatable bonds is 7. The largest absolute Gasteiger partial charge is 0.340 e. The van der Waals surface area contributed by atoms with Crippen molar-refractivity contribution < 1.29 is 4.39 Å². The van der Waals surface area contributed by atoms with E-state index in [0.717, 1.165) is 69.8 Å². The fourth-order valence-electron chi connectivity index (χ4n) is 5.44. The average molecular weight is 519 g/mol. The lowest BCUT2D eigenvalue weighted by Crippen LogP contribution is -2.28. The Morgan fingerprint density at radius 2 is 1.87 bits per heavy atom. The molecule has 1 fully saturated rings. The number of halogens is 1. The van der Waals surface area contributed by atoms with Gasteiger partial charge in [-0.05, 0) is 92.2 Å². The number of imidazole rings is 1. The molecular formula is C32H31FN6. The zero-order chi connectivity index (χ0) is 26.8. The first-order valence-electron chi connectivity index (χ1n) is 13.4. The number of piperidine rings is 1. The number of aryl methyl sites for hydroxylation is 1. The summed E-state index contributed by atoms with van der Waals surface area (Å²) >= 11 is 0. The Morgan fingerprint density at radius 3 is 2.67 bits per heavy atom. The van der Waals surface area contributed by atoms with Gasteiger partial charge in [-0.15, -0.1) is 0 Å². The van der Waals surface area contributed by atoms with Crippen LogP contribution in [0.1, 0.15) is 35.4 Å². The van der Waals surface area contributed by atoms with Crippen LogP contribution in [-0.2, 0) is 6.42 Å². The third-order valence-corrected chi connectivity index (χ3v) is 7.48. The summed E-state index contributed by atoms with van der Waals surface area (Å²) in [6, 6.07) is 15.0. The van der Waals surface area contributed by atoms with Crippen LogP contribution in [0.25, 0.3) is 39.1 Å². The Morgan fingerprint density at radius 1 is 1.05 bits per heavy atom. The quantitative estimate of drug-likeness (QED) is 0.211. The summed E-state index contributed by atoms with van der Waals surface area (Å²) in [6.07, 6.45) is 11.0. The molecule has 0 saturated carbocycles. The number of aromatic nitrogens is 5. The lowest BCUT2D eigenvalue weighted by molar-refractivity contribution is 0.372. The number of allylic oxidation sites excluding steroid dienone is 2. The van der Waals surface area contributed by atoms with Crippen LogP contribution in [0.5, 0.6) is 0 Å². The average Bonchev–Trinajstić information content (AvgIpc) is 3.56. The Bertz CT molecular complexity index is 1650. The Hall–Kier alpha value is -4.36. The van der Waals surface area contributed by atoms with Gasteiger partial charge in [0, 0.05) is 34.6 Å². The van der Waals surface area contributed by atoms with E-state index < -0.39 is 0 Å². The van der Waals surface area contributed by atoms with Gasteiger partial charge >= 0.3 is 0 Å². The normalized spacial score (nSPS) is 14.7. The fraction of sp³-hybridized carbons (Fsp3) is 0.219. The Labute approximate surface area is 227 Å². The fourth-order valence-corrected chi connectivity index (χ4v) is 5.44. The minimum absolute atomic E-state index is 0.276. The molecule has 6 rings (SSSR count). The number of nitrogens with one attached hydrogen (secondary N) is 3.